The molecule has 0 spiro atoms. The lowest BCUT2D eigenvalue weighted by Crippen LogP contribution is -2.47. The van der Waals surface area contributed by atoms with Crippen LogP contribution < -0.4 is 19.7 Å². The number of rotatable bonds is 5. The number of likely N-dealkylation sites (tertiary alicyclic amines) is 1. The van der Waals surface area contributed by atoms with Gasteiger partial charge in [-0.2, -0.15) is 0 Å². The summed E-state index contributed by atoms with van der Waals surface area (Å²) in [6.45, 7) is 16.7. The Balaban J connectivity index is 0.00000323. The quantitative estimate of drug-likeness (QED) is 0.357. The maximum atomic E-state index is 6.76. The summed E-state index contributed by atoms with van der Waals surface area (Å²) in [6, 6.07) is 17.9. The van der Waals surface area contributed by atoms with Gasteiger partial charge in [-0.25, -0.2) is 0 Å². The second kappa shape index (κ2) is 11.3. The van der Waals surface area contributed by atoms with Crippen molar-refractivity contribution in [1.29, 1.82) is 0 Å². The number of para-hydroxylation sites is 1. The van der Waals surface area contributed by atoms with E-state index in [0.717, 1.165) is 49.8 Å². The molecule has 5 nitrogen and oxygen atoms in total. The molecule has 2 atom stereocenters. The molecule has 0 radical (unpaired) electrons. The van der Waals surface area contributed by atoms with Crippen LogP contribution in [0.5, 0.6) is 11.5 Å². The van der Waals surface area contributed by atoms with Crippen molar-refractivity contribution in [3.63, 3.8) is 0 Å². The molecular formula is C34H44ClN3O2. The molecule has 0 amide bonds. The molecule has 214 valence electrons. The Kier molecular flexibility index (Phi) is 8.11. The second-order valence-electron chi connectivity index (χ2n) is 12.1. The topological polar surface area (TPSA) is 37.0 Å². The van der Waals surface area contributed by atoms with Crippen molar-refractivity contribution in [2.75, 3.05) is 44.7 Å². The number of piperazine rings is 1. The van der Waals surface area contributed by atoms with Crippen molar-refractivity contribution in [1.82, 2.24) is 10.2 Å². The molecule has 0 bridgehead atoms. The first-order valence-electron chi connectivity index (χ1n) is 14.6. The molecule has 3 heterocycles. The molecule has 40 heavy (non-hydrogen) atoms. The minimum absolute atomic E-state index is 0. The van der Waals surface area contributed by atoms with Gasteiger partial charge in [0.05, 0.1) is 19.2 Å². The van der Waals surface area contributed by atoms with Gasteiger partial charge < -0.3 is 19.7 Å². The standard InChI is InChI=1S/C34H43N3O2.ClH/c1-22-23(2)32-30(33(34(4,5)39-32)36-18-9-10-19-36)24(3)31(22)37-20-17-35-21-28(37)26-15-13-25(14-16-26)27-11-7-8-12-29(27)38-6;/h7-8,11-16,28,33,35H,9-10,17-21H2,1-6H3;1H. The number of fused-ring (bicyclic) bond motifs is 1. The number of ether oxygens (including phenoxy) is 2. The van der Waals surface area contributed by atoms with Crippen molar-refractivity contribution in [2.45, 2.75) is 65.1 Å². The molecule has 0 aliphatic carbocycles. The zero-order chi connectivity index (χ0) is 27.3. The number of anilines is 1. The normalized spacial score (nSPS) is 22.0. The smallest absolute Gasteiger partial charge is 0.128 e. The van der Waals surface area contributed by atoms with Crippen LogP contribution in [-0.2, 0) is 0 Å². The largest absolute Gasteiger partial charge is 0.496 e. The van der Waals surface area contributed by atoms with Crippen molar-refractivity contribution < 1.29 is 9.47 Å². The Morgan fingerprint density at radius 3 is 2.30 bits per heavy atom. The fraction of sp³-hybridized carbons (Fsp3) is 0.471. The number of nitrogens with one attached hydrogen (secondary N) is 1. The fourth-order valence-electron chi connectivity index (χ4n) is 7.35. The van der Waals surface area contributed by atoms with Gasteiger partial charge in [-0.05, 0) is 94.4 Å². The van der Waals surface area contributed by atoms with Crippen molar-refractivity contribution in [3.05, 3.63) is 76.3 Å². The first-order valence-corrected chi connectivity index (χ1v) is 14.6. The molecule has 1 N–H and O–H groups in total. The summed E-state index contributed by atoms with van der Waals surface area (Å²) in [6.07, 6.45) is 2.56. The predicted molar refractivity (Wildman–Crippen MR) is 168 cm³/mol. The Bertz CT molecular complexity index is 1360. The van der Waals surface area contributed by atoms with E-state index in [1.807, 2.05) is 12.1 Å². The third-order valence-electron chi connectivity index (χ3n) is 9.31. The monoisotopic (exact) mass is 561 g/mol. The van der Waals surface area contributed by atoms with Gasteiger partial charge >= 0.3 is 0 Å². The van der Waals surface area contributed by atoms with Gasteiger partial charge in [-0.3, -0.25) is 4.90 Å². The maximum Gasteiger partial charge on any atom is 0.128 e. The van der Waals surface area contributed by atoms with Gasteiger partial charge in [-0.15, -0.1) is 12.4 Å². The third kappa shape index (κ3) is 4.76. The Hall–Kier alpha value is -2.73. The van der Waals surface area contributed by atoms with Crippen LogP contribution in [0.25, 0.3) is 11.1 Å². The van der Waals surface area contributed by atoms with Crippen molar-refractivity contribution >= 4 is 18.1 Å². The molecule has 0 aromatic heterocycles. The Morgan fingerprint density at radius 2 is 1.60 bits per heavy atom. The molecule has 3 aromatic rings. The summed E-state index contributed by atoms with van der Waals surface area (Å²) in [7, 11) is 1.74. The molecule has 6 rings (SSSR count). The molecule has 2 unspecified atom stereocenters. The minimum atomic E-state index is -0.232. The summed E-state index contributed by atoms with van der Waals surface area (Å²) in [5.41, 5.74) is 10.3. The number of hydrogen-bond acceptors (Lipinski definition) is 5. The van der Waals surface area contributed by atoms with Crippen molar-refractivity contribution in [2.24, 2.45) is 0 Å². The van der Waals surface area contributed by atoms with Gasteiger partial charge in [0.25, 0.3) is 0 Å². The van der Waals surface area contributed by atoms with Crippen LogP contribution >= 0.6 is 12.4 Å². The average molecular weight is 562 g/mol. The molecule has 3 aromatic carbocycles. The van der Waals surface area contributed by atoms with Crippen LogP contribution in [0.2, 0.25) is 0 Å². The highest BCUT2D eigenvalue weighted by atomic mass is 35.5. The van der Waals surface area contributed by atoms with Crippen molar-refractivity contribution in [3.8, 4) is 22.6 Å². The number of methoxy groups -OCH3 is 1. The summed E-state index contributed by atoms with van der Waals surface area (Å²) in [5, 5.41) is 3.68. The van der Waals surface area contributed by atoms with Gasteiger partial charge in [0.15, 0.2) is 0 Å². The second-order valence-corrected chi connectivity index (χ2v) is 12.1. The van der Waals surface area contributed by atoms with E-state index in [1.165, 1.54) is 51.9 Å². The van der Waals surface area contributed by atoms with Crippen LogP contribution in [0.4, 0.5) is 5.69 Å². The zero-order valence-electron chi connectivity index (χ0n) is 24.8. The highest BCUT2D eigenvalue weighted by Gasteiger charge is 2.48. The predicted octanol–water partition coefficient (Wildman–Crippen LogP) is 7.17. The summed E-state index contributed by atoms with van der Waals surface area (Å²) < 4.78 is 12.4. The summed E-state index contributed by atoms with van der Waals surface area (Å²) in [5.74, 6) is 2.03. The van der Waals surface area contributed by atoms with E-state index < -0.39 is 0 Å². The van der Waals surface area contributed by atoms with E-state index in [4.69, 9.17) is 9.47 Å². The van der Waals surface area contributed by atoms with Crippen LogP contribution in [0.1, 0.15) is 66.6 Å². The molecule has 3 aliphatic rings. The number of halogens is 1. The lowest BCUT2D eigenvalue weighted by atomic mass is 9.86. The van der Waals surface area contributed by atoms with E-state index in [2.05, 4.69) is 86.1 Å². The highest BCUT2D eigenvalue weighted by Crippen LogP contribution is 2.54. The Morgan fingerprint density at radius 1 is 0.900 bits per heavy atom. The van der Waals surface area contributed by atoms with E-state index in [-0.39, 0.29) is 24.0 Å². The molecular weight excluding hydrogens is 518 g/mol. The lowest BCUT2D eigenvalue weighted by Gasteiger charge is -2.41. The first kappa shape index (κ1) is 28.8. The number of benzene rings is 3. The molecule has 3 aliphatic heterocycles. The maximum absolute atomic E-state index is 6.76. The van der Waals surface area contributed by atoms with E-state index in [9.17, 15) is 0 Å². The Labute approximate surface area is 246 Å². The average Bonchev–Trinajstić information content (AvgIpc) is 3.57. The molecule has 0 saturated carbocycles. The molecule has 2 fully saturated rings. The van der Waals surface area contributed by atoms with Gasteiger partial charge in [0, 0.05) is 36.4 Å². The number of hydrogen-bond donors (Lipinski definition) is 1. The summed E-state index contributed by atoms with van der Waals surface area (Å²) in [4.78, 5) is 5.34. The van der Waals surface area contributed by atoms with Crippen LogP contribution in [0.15, 0.2) is 48.5 Å². The lowest BCUT2D eigenvalue weighted by molar-refractivity contribution is 0.0396. The van der Waals surface area contributed by atoms with E-state index in [0.29, 0.717) is 6.04 Å². The number of nitrogens with zero attached hydrogens (tertiary/aromatic N) is 2. The minimum Gasteiger partial charge on any atom is -0.496 e. The fourth-order valence-corrected chi connectivity index (χ4v) is 7.35. The molecule has 2 saturated heterocycles. The SMILES string of the molecule is COc1ccccc1-c1ccc(C2CNCCN2c2c(C)c(C)c3c(c2C)C(N2CCCC2)C(C)(C)O3)cc1.Cl. The van der Waals surface area contributed by atoms with Crippen LogP contribution in [-0.4, -0.2) is 50.3 Å². The third-order valence-corrected chi connectivity index (χ3v) is 9.31. The van der Waals surface area contributed by atoms with E-state index >= 15 is 0 Å². The van der Waals surface area contributed by atoms with Gasteiger partial charge in [0.2, 0.25) is 0 Å². The summed E-state index contributed by atoms with van der Waals surface area (Å²) >= 11 is 0. The first-order chi connectivity index (χ1) is 18.8. The molecule has 6 heteroatoms. The highest BCUT2D eigenvalue weighted by molar-refractivity contribution is 5.85. The van der Waals surface area contributed by atoms with E-state index in [1.54, 1.807) is 7.11 Å². The van der Waals surface area contributed by atoms with Gasteiger partial charge in [0.1, 0.15) is 17.1 Å². The van der Waals surface area contributed by atoms with Crippen LogP contribution in [0.3, 0.4) is 0 Å². The van der Waals surface area contributed by atoms with Crippen LogP contribution in [0, 0.1) is 20.8 Å². The van der Waals surface area contributed by atoms with Gasteiger partial charge in [-0.1, -0.05) is 42.5 Å². The zero-order valence-corrected chi connectivity index (χ0v) is 25.7.